The fourth-order valence-electron chi connectivity index (χ4n) is 0.616. The molecular weight excluding hydrogens is 154 g/mol. The fourth-order valence-corrected chi connectivity index (χ4v) is 1.20. The van der Waals surface area contributed by atoms with Crippen LogP contribution >= 0.6 is 12.0 Å². The quantitative estimate of drug-likeness (QED) is 0.512. The number of primary amides is 1. The Morgan fingerprint density at radius 1 is 1.80 bits per heavy atom. The maximum atomic E-state index is 10.3. The van der Waals surface area contributed by atoms with E-state index in [1.807, 2.05) is 0 Å². The Kier molecular flexibility index (Phi) is 2.79. The summed E-state index contributed by atoms with van der Waals surface area (Å²) in [6.07, 6.45) is 0. The van der Waals surface area contributed by atoms with Gasteiger partial charge in [0, 0.05) is 18.6 Å². The summed E-state index contributed by atoms with van der Waals surface area (Å²) in [5.74, 6) is 0.628. The molecule has 1 aliphatic rings. The minimum atomic E-state index is -0.525. The Morgan fingerprint density at radius 3 is 3.10 bits per heavy atom. The van der Waals surface area contributed by atoms with Crippen LogP contribution in [0.5, 0.6) is 0 Å². The first kappa shape index (κ1) is 7.64. The molecule has 0 atom stereocenters. The van der Waals surface area contributed by atoms with Gasteiger partial charge < -0.3 is 9.92 Å². The Hall–Kier alpha value is -0.460. The highest BCUT2D eigenvalue weighted by Crippen LogP contribution is 2.08. The van der Waals surface area contributed by atoms with Gasteiger partial charge in [-0.3, -0.25) is 5.43 Å². The van der Waals surface area contributed by atoms with Gasteiger partial charge >= 0.3 is 6.03 Å². The molecule has 1 rings (SSSR count). The number of nitrogens with zero attached hydrogens (tertiary/aromatic N) is 1. The lowest BCUT2D eigenvalue weighted by Crippen LogP contribution is -2.47. The van der Waals surface area contributed by atoms with E-state index < -0.39 is 6.03 Å². The van der Waals surface area contributed by atoms with E-state index in [1.165, 1.54) is 12.0 Å². The van der Waals surface area contributed by atoms with Crippen LogP contribution in [-0.2, 0) is 4.18 Å². The third-order valence-electron chi connectivity index (χ3n) is 1.00. The van der Waals surface area contributed by atoms with Crippen molar-refractivity contribution in [2.45, 2.75) is 0 Å². The molecule has 0 radical (unpaired) electrons. The SMILES string of the molecule is NC(=O)NN1CCOSC1. The van der Waals surface area contributed by atoms with E-state index in [2.05, 4.69) is 5.43 Å². The van der Waals surface area contributed by atoms with Crippen molar-refractivity contribution in [1.29, 1.82) is 0 Å². The van der Waals surface area contributed by atoms with Gasteiger partial charge in [0.15, 0.2) is 0 Å². The number of rotatable bonds is 1. The van der Waals surface area contributed by atoms with Crippen LogP contribution in [0.3, 0.4) is 0 Å². The molecule has 0 unspecified atom stereocenters. The van der Waals surface area contributed by atoms with Crippen LogP contribution in [0.15, 0.2) is 0 Å². The fraction of sp³-hybridized carbons (Fsp3) is 0.750. The highest BCUT2D eigenvalue weighted by molar-refractivity contribution is 7.94. The number of urea groups is 1. The van der Waals surface area contributed by atoms with E-state index in [9.17, 15) is 4.79 Å². The summed E-state index contributed by atoms with van der Waals surface area (Å²) in [5, 5.41) is 1.70. The first-order valence-corrected chi connectivity index (χ1v) is 3.75. The molecule has 0 aromatic carbocycles. The van der Waals surface area contributed by atoms with Crippen molar-refractivity contribution >= 4 is 18.1 Å². The van der Waals surface area contributed by atoms with Gasteiger partial charge in [0.2, 0.25) is 0 Å². The second-order valence-electron chi connectivity index (χ2n) is 1.81. The molecule has 6 heteroatoms. The molecule has 0 aliphatic carbocycles. The van der Waals surface area contributed by atoms with Gasteiger partial charge in [-0.2, -0.15) is 0 Å². The lowest BCUT2D eigenvalue weighted by Gasteiger charge is -2.24. The molecule has 10 heavy (non-hydrogen) atoms. The summed E-state index contributed by atoms with van der Waals surface area (Å²) in [4.78, 5) is 10.3. The molecule has 1 aliphatic heterocycles. The molecule has 0 saturated carbocycles. The number of carbonyl (C=O) groups excluding carboxylic acids is 1. The number of nitrogens with one attached hydrogen (secondary N) is 1. The molecule has 0 spiro atoms. The smallest absolute Gasteiger partial charge is 0.326 e. The van der Waals surface area contributed by atoms with Crippen molar-refractivity contribution in [2.24, 2.45) is 5.73 Å². The highest BCUT2D eigenvalue weighted by atomic mass is 32.2. The van der Waals surface area contributed by atoms with Crippen molar-refractivity contribution in [3.63, 3.8) is 0 Å². The van der Waals surface area contributed by atoms with Crippen molar-refractivity contribution < 1.29 is 8.98 Å². The van der Waals surface area contributed by atoms with E-state index in [1.54, 1.807) is 5.01 Å². The predicted octanol–water partition coefficient (Wildman–Crippen LogP) is -0.492. The molecular formula is C4H9N3O2S. The largest absolute Gasteiger partial charge is 0.351 e. The van der Waals surface area contributed by atoms with Crippen molar-refractivity contribution in [1.82, 2.24) is 10.4 Å². The van der Waals surface area contributed by atoms with E-state index in [0.717, 1.165) is 0 Å². The van der Waals surface area contributed by atoms with Crippen molar-refractivity contribution in [2.75, 3.05) is 19.0 Å². The van der Waals surface area contributed by atoms with Crippen LogP contribution in [0.1, 0.15) is 0 Å². The van der Waals surface area contributed by atoms with Gasteiger partial charge in [0.05, 0.1) is 12.5 Å². The van der Waals surface area contributed by atoms with E-state index >= 15 is 0 Å². The van der Waals surface area contributed by atoms with Crippen molar-refractivity contribution in [3.05, 3.63) is 0 Å². The Bertz CT molecular complexity index is 126. The monoisotopic (exact) mass is 163 g/mol. The Morgan fingerprint density at radius 2 is 2.60 bits per heavy atom. The summed E-state index contributed by atoms with van der Waals surface area (Å²) < 4.78 is 4.96. The van der Waals surface area contributed by atoms with Crippen LogP contribution < -0.4 is 11.2 Å². The van der Waals surface area contributed by atoms with Gasteiger partial charge in [0.1, 0.15) is 0 Å². The number of nitrogens with two attached hydrogens (primary N) is 1. The van der Waals surface area contributed by atoms with Crippen molar-refractivity contribution in [3.8, 4) is 0 Å². The van der Waals surface area contributed by atoms with Crippen LogP contribution in [0.4, 0.5) is 4.79 Å². The first-order valence-electron chi connectivity index (χ1n) is 2.84. The van der Waals surface area contributed by atoms with E-state index in [0.29, 0.717) is 19.0 Å². The second kappa shape index (κ2) is 3.65. The van der Waals surface area contributed by atoms with E-state index in [-0.39, 0.29) is 0 Å². The lowest BCUT2D eigenvalue weighted by atomic mass is 10.7. The van der Waals surface area contributed by atoms with E-state index in [4.69, 9.17) is 9.92 Å². The molecule has 5 nitrogen and oxygen atoms in total. The summed E-state index contributed by atoms with van der Waals surface area (Å²) >= 11 is 1.30. The third kappa shape index (κ3) is 2.42. The van der Waals surface area contributed by atoms with Gasteiger partial charge in [-0.25, -0.2) is 9.80 Å². The molecule has 1 saturated heterocycles. The molecule has 0 bridgehead atoms. The van der Waals surface area contributed by atoms with Crippen LogP contribution in [0.2, 0.25) is 0 Å². The highest BCUT2D eigenvalue weighted by Gasteiger charge is 2.11. The zero-order chi connectivity index (χ0) is 7.40. The van der Waals surface area contributed by atoms with Gasteiger partial charge in [-0.1, -0.05) is 0 Å². The molecule has 3 N–H and O–H groups in total. The standard InChI is InChI=1S/C4H9N3O2S/c5-4(8)6-7-1-2-9-10-3-7/h1-3H2,(H3,5,6,8). The number of hydrogen-bond acceptors (Lipinski definition) is 4. The molecule has 0 aromatic heterocycles. The number of hydrogen-bond donors (Lipinski definition) is 2. The van der Waals surface area contributed by atoms with Gasteiger partial charge in [-0.15, -0.1) is 0 Å². The number of amides is 2. The predicted molar refractivity (Wildman–Crippen MR) is 37.8 cm³/mol. The summed E-state index contributed by atoms with van der Waals surface area (Å²) in [7, 11) is 0. The summed E-state index contributed by atoms with van der Waals surface area (Å²) in [6, 6.07) is -0.525. The molecule has 2 amide bonds. The number of hydrazine groups is 1. The van der Waals surface area contributed by atoms with Gasteiger partial charge in [0.25, 0.3) is 0 Å². The van der Waals surface area contributed by atoms with Gasteiger partial charge in [-0.05, 0) is 0 Å². The second-order valence-corrected chi connectivity index (χ2v) is 2.54. The zero-order valence-electron chi connectivity index (χ0n) is 5.37. The molecule has 1 heterocycles. The molecule has 1 fully saturated rings. The minimum Gasteiger partial charge on any atom is -0.351 e. The van der Waals surface area contributed by atoms with Crippen LogP contribution in [-0.4, -0.2) is 30.1 Å². The van der Waals surface area contributed by atoms with Crippen LogP contribution in [0, 0.1) is 0 Å². The molecule has 58 valence electrons. The number of carbonyl (C=O) groups is 1. The first-order chi connectivity index (χ1) is 4.79. The van der Waals surface area contributed by atoms with Crippen LogP contribution in [0.25, 0.3) is 0 Å². The summed E-state index contributed by atoms with van der Waals surface area (Å²) in [5.41, 5.74) is 7.33. The minimum absolute atomic E-state index is 0.525. The maximum absolute atomic E-state index is 10.3. The normalized spacial score (nSPS) is 20.4. The Labute approximate surface area is 63.1 Å². The summed E-state index contributed by atoms with van der Waals surface area (Å²) in [6.45, 7) is 1.31. The lowest BCUT2D eigenvalue weighted by molar-refractivity contribution is 0.166. The zero-order valence-corrected chi connectivity index (χ0v) is 6.19. The average Bonchev–Trinajstić information content (AvgIpc) is 1.88. The maximum Gasteiger partial charge on any atom is 0.326 e. The Balaban J connectivity index is 2.19. The average molecular weight is 163 g/mol. The third-order valence-corrected chi connectivity index (χ3v) is 1.76. The topological polar surface area (TPSA) is 67.6 Å². The molecule has 0 aromatic rings.